The number of hydrogen-bond donors (Lipinski definition) is 2. The Hall–Kier alpha value is -3.74. The van der Waals surface area contributed by atoms with Crippen molar-refractivity contribution in [3.05, 3.63) is 71.8 Å². The van der Waals surface area contributed by atoms with Gasteiger partial charge in [-0.2, -0.15) is 0 Å². The van der Waals surface area contributed by atoms with Gasteiger partial charge in [0.2, 0.25) is 17.5 Å². The number of anilines is 1. The van der Waals surface area contributed by atoms with Crippen molar-refractivity contribution in [3.63, 3.8) is 0 Å². The highest BCUT2D eigenvalue weighted by Crippen LogP contribution is 2.55. The zero-order chi connectivity index (χ0) is 25.9. The summed E-state index contributed by atoms with van der Waals surface area (Å²) in [6.07, 6.45) is 5.15. The van der Waals surface area contributed by atoms with Crippen LogP contribution in [0.25, 0.3) is 6.08 Å². The van der Waals surface area contributed by atoms with Crippen LogP contribution >= 0.6 is 0 Å². The summed E-state index contributed by atoms with van der Waals surface area (Å²) in [6, 6.07) is 14.1. The number of amides is 2. The van der Waals surface area contributed by atoms with Crippen LogP contribution in [0.4, 0.5) is 5.69 Å². The molecule has 7 nitrogen and oxygen atoms in total. The third kappa shape index (κ3) is 4.45. The number of hydrogen-bond acceptors (Lipinski definition) is 5. The van der Waals surface area contributed by atoms with Gasteiger partial charge in [0, 0.05) is 42.9 Å². The number of nitrogens with zero attached hydrogens (tertiary/aromatic N) is 1. The third-order valence-electron chi connectivity index (χ3n) is 7.05. The van der Waals surface area contributed by atoms with Crippen LogP contribution < -0.4 is 25.0 Å². The molecule has 2 heterocycles. The molecule has 1 spiro atoms. The molecule has 2 amide bonds. The van der Waals surface area contributed by atoms with Crippen molar-refractivity contribution in [2.24, 2.45) is 0 Å². The number of nitrogens with one attached hydrogen (secondary N) is 2. The Bertz CT molecular complexity index is 1200. The van der Waals surface area contributed by atoms with E-state index in [4.69, 9.17) is 9.47 Å². The Morgan fingerprint density at radius 1 is 1.08 bits per heavy atom. The first-order valence-corrected chi connectivity index (χ1v) is 12.3. The summed E-state index contributed by atoms with van der Waals surface area (Å²) in [5.41, 5.74) is 2.45. The van der Waals surface area contributed by atoms with Gasteiger partial charge in [0.25, 0.3) is 0 Å². The van der Waals surface area contributed by atoms with Crippen LogP contribution in [0, 0.1) is 0 Å². The molecule has 2 aromatic carbocycles. The minimum Gasteiger partial charge on any atom is -0.493 e. The lowest BCUT2D eigenvalue weighted by atomic mass is 9.76. The van der Waals surface area contributed by atoms with Crippen LogP contribution in [-0.4, -0.2) is 44.3 Å². The van der Waals surface area contributed by atoms with Gasteiger partial charge in [-0.1, -0.05) is 36.9 Å². The second-order valence-electron chi connectivity index (χ2n) is 9.79. The number of para-hydroxylation sites is 2. The summed E-state index contributed by atoms with van der Waals surface area (Å²) in [7, 11) is 1.64. The van der Waals surface area contributed by atoms with Gasteiger partial charge in [0.1, 0.15) is 0 Å². The largest absolute Gasteiger partial charge is 0.493 e. The lowest BCUT2D eigenvalue weighted by Gasteiger charge is -2.47. The van der Waals surface area contributed by atoms with Gasteiger partial charge in [0.15, 0.2) is 11.5 Å². The maximum absolute atomic E-state index is 12.7. The van der Waals surface area contributed by atoms with Gasteiger partial charge in [-0.05, 0) is 57.0 Å². The van der Waals surface area contributed by atoms with Gasteiger partial charge >= 0.3 is 0 Å². The topological polar surface area (TPSA) is 79.9 Å². The first kappa shape index (κ1) is 25.4. The molecule has 0 aromatic heterocycles. The monoisotopic (exact) mass is 489 g/mol. The highest BCUT2D eigenvalue weighted by Gasteiger charge is 2.58. The molecule has 0 fully saturated rings. The fraction of sp³-hybridized carbons (Fsp3) is 0.379. The fourth-order valence-corrected chi connectivity index (χ4v) is 5.01. The smallest absolute Gasteiger partial charge is 0.246 e. The minimum absolute atomic E-state index is 0.0451. The van der Waals surface area contributed by atoms with Gasteiger partial charge in [-0.3, -0.25) is 9.59 Å². The Morgan fingerprint density at radius 2 is 1.83 bits per heavy atom. The van der Waals surface area contributed by atoms with Crippen LogP contribution in [0.2, 0.25) is 0 Å². The SMILES string of the molecule is C=C(C)C(=O)NCCCNC(=O)CCN1c2ccccc2C(C)(C)C12C=Cc1cccc(OC)c1O2. The summed E-state index contributed by atoms with van der Waals surface area (Å²) in [5, 5.41) is 5.74. The molecular formula is C29H35N3O4. The van der Waals surface area contributed by atoms with Crippen LogP contribution in [0.15, 0.2) is 60.7 Å². The van der Waals surface area contributed by atoms with Crippen molar-refractivity contribution in [3.8, 4) is 11.5 Å². The molecule has 0 bridgehead atoms. The standard InChI is InChI=1S/C29H35N3O4/c1-20(2)27(34)31-18-9-17-30-25(33)15-19-32-23-12-7-6-11-22(23)28(3,4)29(32)16-14-21-10-8-13-24(35-5)26(21)36-29/h6-8,10-14,16H,1,9,15,17-19H2,2-5H3,(H,30,33)(H,31,34). The molecule has 2 aliphatic rings. The second-order valence-corrected chi connectivity index (χ2v) is 9.79. The van der Waals surface area contributed by atoms with Gasteiger partial charge in [-0.15, -0.1) is 0 Å². The number of methoxy groups -OCH3 is 1. The summed E-state index contributed by atoms with van der Waals surface area (Å²) in [6.45, 7) is 11.1. The molecule has 36 heavy (non-hydrogen) atoms. The third-order valence-corrected chi connectivity index (χ3v) is 7.05. The molecule has 0 radical (unpaired) electrons. The molecule has 0 saturated heterocycles. The van der Waals surface area contributed by atoms with Crippen LogP contribution in [0.1, 0.15) is 44.7 Å². The van der Waals surface area contributed by atoms with Crippen LogP contribution in [0.3, 0.4) is 0 Å². The van der Waals surface area contributed by atoms with E-state index in [1.165, 1.54) is 5.56 Å². The van der Waals surface area contributed by atoms with E-state index >= 15 is 0 Å². The summed E-state index contributed by atoms with van der Waals surface area (Å²) >= 11 is 0. The average Bonchev–Trinajstić information content (AvgIpc) is 3.04. The lowest BCUT2D eigenvalue weighted by Crippen LogP contribution is -2.60. The number of rotatable bonds is 9. The van der Waals surface area contributed by atoms with Crippen molar-refractivity contribution in [2.75, 3.05) is 31.6 Å². The Morgan fingerprint density at radius 3 is 2.58 bits per heavy atom. The molecule has 190 valence electrons. The zero-order valence-corrected chi connectivity index (χ0v) is 21.5. The first-order valence-electron chi connectivity index (χ1n) is 12.3. The number of carbonyl (C=O) groups is 2. The van der Waals surface area contributed by atoms with Crippen molar-refractivity contribution < 1.29 is 19.1 Å². The molecule has 1 unspecified atom stereocenters. The van der Waals surface area contributed by atoms with Gasteiger partial charge in [-0.25, -0.2) is 0 Å². The minimum atomic E-state index is -0.814. The number of benzene rings is 2. The predicted octanol–water partition coefficient (Wildman–Crippen LogP) is 4.18. The summed E-state index contributed by atoms with van der Waals surface area (Å²) < 4.78 is 12.4. The van der Waals surface area contributed by atoms with Crippen LogP contribution in [0.5, 0.6) is 11.5 Å². The molecule has 2 aliphatic heterocycles. The van der Waals surface area contributed by atoms with Gasteiger partial charge in [0.05, 0.1) is 12.5 Å². The highest BCUT2D eigenvalue weighted by molar-refractivity contribution is 5.92. The van der Waals surface area contributed by atoms with Crippen LogP contribution in [-0.2, 0) is 15.0 Å². The van der Waals surface area contributed by atoms with Crippen molar-refractivity contribution in [1.29, 1.82) is 0 Å². The molecule has 4 rings (SSSR count). The molecule has 2 aromatic rings. The van der Waals surface area contributed by atoms with E-state index in [0.717, 1.165) is 11.3 Å². The normalized spacial score (nSPS) is 18.7. The molecule has 2 N–H and O–H groups in total. The first-order chi connectivity index (χ1) is 17.2. The average molecular weight is 490 g/mol. The van der Waals surface area contributed by atoms with E-state index in [2.05, 4.69) is 60.2 Å². The zero-order valence-electron chi connectivity index (χ0n) is 21.5. The molecule has 0 saturated carbocycles. The maximum Gasteiger partial charge on any atom is 0.246 e. The van der Waals surface area contributed by atoms with Crippen molar-refractivity contribution in [2.45, 2.75) is 44.8 Å². The number of carbonyl (C=O) groups excluding carboxylic acids is 2. The number of fused-ring (bicyclic) bond motifs is 2. The summed E-state index contributed by atoms with van der Waals surface area (Å²) in [5.74, 6) is 1.17. The molecular weight excluding hydrogens is 454 g/mol. The summed E-state index contributed by atoms with van der Waals surface area (Å²) in [4.78, 5) is 26.5. The lowest BCUT2D eigenvalue weighted by molar-refractivity contribution is -0.121. The van der Waals surface area contributed by atoms with Crippen molar-refractivity contribution in [1.82, 2.24) is 10.6 Å². The predicted molar refractivity (Wildman–Crippen MR) is 142 cm³/mol. The number of ether oxygens (including phenoxy) is 2. The molecule has 1 atom stereocenters. The Balaban J connectivity index is 1.50. The van der Waals surface area contributed by atoms with E-state index in [0.29, 0.717) is 49.5 Å². The Labute approximate surface area is 213 Å². The molecule has 0 aliphatic carbocycles. The van der Waals surface area contributed by atoms with E-state index in [1.54, 1.807) is 14.0 Å². The quantitative estimate of drug-likeness (QED) is 0.408. The van der Waals surface area contributed by atoms with E-state index < -0.39 is 11.1 Å². The maximum atomic E-state index is 12.7. The van der Waals surface area contributed by atoms with E-state index in [-0.39, 0.29) is 11.8 Å². The van der Waals surface area contributed by atoms with E-state index in [1.807, 2.05) is 30.3 Å². The van der Waals surface area contributed by atoms with E-state index in [9.17, 15) is 9.59 Å². The van der Waals surface area contributed by atoms with Gasteiger partial charge < -0.3 is 25.0 Å². The Kier molecular flexibility index (Phi) is 7.11. The fourth-order valence-electron chi connectivity index (χ4n) is 5.01. The van der Waals surface area contributed by atoms with Crippen molar-refractivity contribution >= 4 is 23.6 Å². The second kappa shape index (κ2) is 10.1. The molecule has 7 heteroatoms. The highest BCUT2D eigenvalue weighted by atomic mass is 16.5.